The van der Waals surface area contributed by atoms with Gasteiger partial charge in [-0.2, -0.15) is 0 Å². The summed E-state index contributed by atoms with van der Waals surface area (Å²) in [6.45, 7) is 14.2. The van der Waals surface area contributed by atoms with Crippen molar-refractivity contribution in [2.45, 2.75) is 85.3 Å². The third-order valence-electron chi connectivity index (χ3n) is 3.56. The molecule has 3 heteroatoms. The number of hydrogen-bond acceptors (Lipinski definition) is 2. The molecule has 19 heavy (non-hydrogen) atoms. The highest BCUT2D eigenvalue weighted by molar-refractivity contribution is 7.92. The molecule has 116 valence electrons. The van der Waals surface area contributed by atoms with Crippen molar-refractivity contribution in [2.24, 2.45) is 11.3 Å². The molecular formula is C16H34O2S. The van der Waals surface area contributed by atoms with Crippen molar-refractivity contribution >= 4 is 9.84 Å². The van der Waals surface area contributed by atoms with Crippen LogP contribution in [0, 0.1) is 11.3 Å². The summed E-state index contributed by atoms with van der Waals surface area (Å²) in [6.07, 6.45) is 5.90. The highest BCUT2D eigenvalue weighted by Crippen LogP contribution is 2.24. The zero-order valence-corrected chi connectivity index (χ0v) is 14.9. The molecule has 0 aliphatic heterocycles. The highest BCUT2D eigenvalue weighted by atomic mass is 32.2. The van der Waals surface area contributed by atoms with Crippen molar-refractivity contribution in [3.63, 3.8) is 0 Å². The van der Waals surface area contributed by atoms with Gasteiger partial charge in [0.15, 0.2) is 9.84 Å². The van der Waals surface area contributed by atoms with Gasteiger partial charge in [-0.15, -0.1) is 0 Å². The molecule has 0 saturated carbocycles. The van der Waals surface area contributed by atoms with Gasteiger partial charge in [-0.3, -0.25) is 0 Å². The van der Waals surface area contributed by atoms with Crippen molar-refractivity contribution in [1.29, 1.82) is 0 Å². The summed E-state index contributed by atoms with van der Waals surface area (Å²) >= 11 is 0. The first kappa shape index (κ1) is 18.9. The molecule has 0 unspecified atom stereocenters. The molecule has 0 aromatic carbocycles. The first-order chi connectivity index (χ1) is 8.35. The minimum absolute atomic E-state index is 0.277. The maximum atomic E-state index is 12.1. The summed E-state index contributed by atoms with van der Waals surface area (Å²) in [6, 6.07) is 0. The molecule has 0 heterocycles. The van der Waals surface area contributed by atoms with E-state index >= 15 is 0 Å². The molecule has 0 spiro atoms. The van der Waals surface area contributed by atoms with Crippen molar-refractivity contribution in [3.8, 4) is 0 Å². The molecule has 0 aromatic heterocycles. The average Bonchev–Trinajstić information content (AvgIpc) is 2.12. The number of sulfone groups is 1. The fourth-order valence-electron chi connectivity index (χ4n) is 2.03. The van der Waals surface area contributed by atoms with E-state index in [0.29, 0.717) is 11.2 Å². The first-order valence-electron chi connectivity index (χ1n) is 7.57. The monoisotopic (exact) mass is 290 g/mol. The van der Waals surface area contributed by atoms with E-state index in [0.717, 1.165) is 12.8 Å². The summed E-state index contributed by atoms with van der Waals surface area (Å²) in [5.74, 6) is 0.606. The van der Waals surface area contributed by atoms with E-state index in [2.05, 4.69) is 27.7 Å². The van der Waals surface area contributed by atoms with Gasteiger partial charge in [-0.1, -0.05) is 47.0 Å². The lowest BCUT2D eigenvalue weighted by Crippen LogP contribution is -2.32. The Morgan fingerprint density at radius 1 is 0.895 bits per heavy atom. The van der Waals surface area contributed by atoms with E-state index in [1.54, 1.807) is 20.8 Å². The Balaban J connectivity index is 3.93. The third kappa shape index (κ3) is 8.67. The van der Waals surface area contributed by atoms with Gasteiger partial charge >= 0.3 is 0 Å². The molecule has 1 atom stereocenters. The van der Waals surface area contributed by atoms with Crippen LogP contribution in [0.25, 0.3) is 0 Å². The number of unbranched alkanes of at least 4 members (excludes halogenated alkanes) is 2. The van der Waals surface area contributed by atoms with E-state index in [4.69, 9.17) is 0 Å². The summed E-state index contributed by atoms with van der Waals surface area (Å²) in [4.78, 5) is 0. The van der Waals surface area contributed by atoms with Gasteiger partial charge in [0.25, 0.3) is 0 Å². The first-order valence-corrected chi connectivity index (χ1v) is 9.23. The summed E-state index contributed by atoms with van der Waals surface area (Å²) in [5, 5.41) is 0. The highest BCUT2D eigenvalue weighted by Gasteiger charge is 2.30. The molecule has 0 N–H and O–H groups in total. The molecule has 0 aliphatic rings. The van der Waals surface area contributed by atoms with Crippen molar-refractivity contribution in [1.82, 2.24) is 0 Å². The second-order valence-electron chi connectivity index (χ2n) is 8.16. The Hall–Kier alpha value is -0.0500. The standard InChI is InChI=1S/C16H34O2S/c1-14(13-19(17,18)16(5,6)7)11-9-8-10-12-15(2,3)4/h14H,8-13H2,1-7H3/t14-/m0/s1. The third-order valence-corrected chi connectivity index (χ3v) is 6.43. The van der Waals surface area contributed by atoms with E-state index in [-0.39, 0.29) is 5.92 Å². The van der Waals surface area contributed by atoms with Crippen LogP contribution in [-0.2, 0) is 9.84 Å². The minimum atomic E-state index is -2.96. The average molecular weight is 291 g/mol. The predicted octanol–water partition coefficient (Wildman–Crippen LogP) is 4.83. The van der Waals surface area contributed by atoms with Crippen molar-refractivity contribution in [2.75, 3.05) is 5.75 Å². The Kier molecular flexibility index (Phi) is 7.08. The largest absolute Gasteiger partial charge is 0.228 e. The Morgan fingerprint density at radius 3 is 1.84 bits per heavy atom. The van der Waals surface area contributed by atoms with Crippen LogP contribution >= 0.6 is 0 Å². The molecule has 0 bridgehead atoms. The quantitative estimate of drug-likeness (QED) is 0.629. The molecule has 0 rings (SSSR count). The van der Waals surface area contributed by atoms with Crippen LogP contribution < -0.4 is 0 Å². The smallest absolute Gasteiger partial charge is 0.155 e. The van der Waals surface area contributed by atoms with Gasteiger partial charge in [0.1, 0.15) is 0 Å². The predicted molar refractivity (Wildman–Crippen MR) is 85.2 cm³/mol. The molecule has 0 aromatic rings. The lowest BCUT2D eigenvalue weighted by Gasteiger charge is -2.22. The van der Waals surface area contributed by atoms with E-state index in [1.807, 2.05) is 0 Å². The van der Waals surface area contributed by atoms with Gasteiger partial charge in [0, 0.05) is 0 Å². The fraction of sp³-hybridized carbons (Fsp3) is 1.00. The lowest BCUT2D eigenvalue weighted by atomic mass is 9.89. The fourth-order valence-corrected chi connectivity index (χ4v) is 3.45. The van der Waals surface area contributed by atoms with Gasteiger partial charge in [-0.05, 0) is 44.9 Å². The molecule has 2 nitrogen and oxygen atoms in total. The number of rotatable bonds is 7. The van der Waals surface area contributed by atoms with Crippen LogP contribution in [0.5, 0.6) is 0 Å². The number of hydrogen-bond donors (Lipinski definition) is 0. The van der Waals surface area contributed by atoms with Crippen LogP contribution in [-0.4, -0.2) is 18.9 Å². The van der Waals surface area contributed by atoms with Crippen LogP contribution in [0.1, 0.15) is 80.6 Å². The second-order valence-corrected chi connectivity index (χ2v) is 10.9. The van der Waals surface area contributed by atoms with Crippen molar-refractivity contribution in [3.05, 3.63) is 0 Å². The Morgan fingerprint density at radius 2 is 1.42 bits per heavy atom. The lowest BCUT2D eigenvalue weighted by molar-refractivity contribution is 0.354. The minimum Gasteiger partial charge on any atom is -0.228 e. The maximum Gasteiger partial charge on any atom is 0.155 e. The second kappa shape index (κ2) is 7.10. The molecule has 0 saturated heterocycles. The van der Waals surface area contributed by atoms with Crippen LogP contribution in [0.3, 0.4) is 0 Å². The van der Waals surface area contributed by atoms with Crippen LogP contribution in [0.4, 0.5) is 0 Å². The summed E-state index contributed by atoms with van der Waals surface area (Å²) < 4.78 is 23.5. The SMILES string of the molecule is C[C@@H](CCCCCC(C)(C)C)CS(=O)(=O)C(C)(C)C. The van der Waals surface area contributed by atoms with Gasteiger partial charge in [0.2, 0.25) is 0 Å². The zero-order valence-electron chi connectivity index (χ0n) is 14.0. The zero-order chi connectivity index (χ0) is 15.3. The van der Waals surface area contributed by atoms with Crippen LogP contribution in [0.2, 0.25) is 0 Å². The van der Waals surface area contributed by atoms with E-state index in [1.165, 1.54) is 19.3 Å². The van der Waals surface area contributed by atoms with Crippen LogP contribution in [0.15, 0.2) is 0 Å². The van der Waals surface area contributed by atoms with E-state index in [9.17, 15) is 8.42 Å². The topological polar surface area (TPSA) is 34.1 Å². The summed E-state index contributed by atoms with van der Waals surface area (Å²) in [5.41, 5.74) is 0.418. The molecule has 0 amide bonds. The van der Waals surface area contributed by atoms with Gasteiger partial charge in [0.05, 0.1) is 10.5 Å². The van der Waals surface area contributed by atoms with Gasteiger partial charge in [-0.25, -0.2) is 8.42 Å². The molecular weight excluding hydrogens is 256 g/mol. The Labute approximate surface area is 121 Å². The Bertz CT molecular complexity index is 342. The van der Waals surface area contributed by atoms with Gasteiger partial charge < -0.3 is 0 Å². The normalized spacial score (nSPS) is 15.5. The summed E-state index contributed by atoms with van der Waals surface area (Å²) in [7, 11) is -2.96. The van der Waals surface area contributed by atoms with E-state index < -0.39 is 14.6 Å². The molecule has 0 fully saturated rings. The maximum absolute atomic E-state index is 12.1. The molecule has 0 aliphatic carbocycles. The van der Waals surface area contributed by atoms with Crippen molar-refractivity contribution < 1.29 is 8.42 Å². The molecule has 0 radical (unpaired) electrons.